The summed E-state index contributed by atoms with van der Waals surface area (Å²) >= 11 is 0. The molecule has 0 aromatic heterocycles. The minimum Gasteiger partial charge on any atom is -0.314 e. The number of likely N-dealkylation sites (N-methyl/N-ethyl adjacent to an activating group) is 1. The molecular weight excluding hydrogens is 165 g/mol. The molecule has 13 heavy (non-hydrogen) atoms. The van der Waals surface area contributed by atoms with Crippen molar-refractivity contribution in [1.82, 2.24) is 5.32 Å². The van der Waals surface area contributed by atoms with E-state index in [4.69, 9.17) is 0 Å². The first-order valence-electron chi connectivity index (χ1n) is 4.34. The molecule has 0 saturated carbocycles. The summed E-state index contributed by atoms with van der Waals surface area (Å²) in [6, 6.07) is 7.00. The summed E-state index contributed by atoms with van der Waals surface area (Å²) in [4.78, 5) is 0. The Morgan fingerprint density at radius 3 is 2.69 bits per heavy atom. The second kappa shape index (κ2) is 4.77. The van der Waals surface area contributed by atoms with Crippen LogP contribution in [-0.2, 0) is 0 Å². The van der Waals surface area contributed by atoms with Crippen molar-refractivity contribution in [3.63, 3.8) is 0 Å². The fourth-order valence-corrected chi connectivity index (χ4v) is 0.954. The van der Waals surface area contributed by atoms with Crippen LogP contribution in [0, 0.1) is 5.82 Å². The zero-order valence-electron chi connectivity index (χ0n) is 7.92. The minimum absolute atomic E-state index is 0.179. The highest BCUT2D eigenvalue weighted by Crippen LogP contribution is 2.08. The lowest BCUT2D eigenvalue weighted by atomic mass is 10.2. The molecule has 1 nitrogen and oxygen atoms in total. The standard InChI is InChI=1S/C11H14FN/c1-9(13-2)7-8-10-5-3-4-6-11(10)12/h3-9,13H,1-2H3/b8-7+/t9-/m0/s1. The van der Waals surface area contributed by atoms with Gasteiger partial charge in [-0.05, 0) is 20.0 Å². The van der Waals surface area contributed by atoms with E-state index in [2.05, 4.69) is 5.32 Å². The minimum atomic E-state index is -0.179. The van der Waals surface area contributed by atoms with Crippen LogP contribution in [0.3, 0.4) is 0 Å². The molecule has 0 bridgehead atoms. The predicted molar refractivity (Wildman–Crippen MR) is 54.0 cm³/mol. The maximum atomic E-state index is 13.1. The van der Waals surface area contributed by atoms with E-state index in [0.29, 0.717) is 5.56 Å². The Bertz CT molecular complexity index is 294. The van der Waals surface area contributed by atoms with E-state index in [9.17, 15) is 4.39 Å². The lowest BCUT2D eigenvalue weighted by Gasteiger charge is -2.02. The Hall–Kier alpha value is -1.15. The van der Waals surface area contributed by atoms with E-state index in [1.54, 1.807) is 18.2 Å². The molecule has 0 fully saturated rings. The number of hydrogen-bond donors (Lipinski definition) is 1. The fraction of sp³-hybridized carbons (Fsp3) is 0.273. The van der Waals surface area contributed by atoms with Crippen LogP contribution >= 0.6 is 0 Å². The van der Waals surface area contributed by atoms with Crippen molar-refractivity contribution < 1.29 is 4.39 Å². The van der Waals surface area contributed by atoms with Gasteiger partial charge in [0, 0.05) is 11.6 Å². The lowest BCUT2D eigenvalue weighted by molar-refractivity contribution is 0.625. The van der Waals surface area contributed by atoms with Crippen LogP contribution in [0.1, 0.15) is 12.5 Å². The number of halogens is 1. The van der Waals surface area contributed by atoms with Gasteiger partial charge in [0.2, 0.25) is 0 Å². The normalized spacial score (nSPS) is 13.5. The van der Waals surface area contributed by atoms with Gasteiger partial charge in [-0.1, -0.05) is 30.4 Å². The van der Waals surface area contributed by atoms with Gasteiger partial charge in [-0.3, -0.25) is 0 Å². The van der Waals surface area contributed by atoms with Crippen molar-refractivity contribution in [2.75, 3.05) is 7.05 Å². The predicted octanol–water partition coefficient (Wildman–Crippen LogP) is 2.45. The molecule has 0 amide bonds. The van der Waals surface area contributed by atoms with Crippen LogP contribution in [0.2, 0.25) is 0 Å². The highest BCUT2D eigenvalue weighted by Gasteiger charge is 1.95. The van der Waals surface area contributed by atoms with Crippen molar-refractivity contribution in [1.29, 1.82) is 0 Å². The molecule has 0 saturated heterocycles. The summed E-state index contributed by atoms with van der Waals surface area (Å²) in [5.74, 6) is -0.179. The third-order valence-electron chi connectivity index (χ3n) is 1.93. The topological polar surface area (TPSA) is 12.0 Å². The Morgan fingerprint density at radius 1 is 1.38 bits per heavy atom. The first-order valence-corrected chi connectivity index (χ1v) is 4.34. The summed E-state index contributed by atoms with van der Waals surface area (Å²) < 4.78 is 13.1. The van der Waals surface area contributed by atoms with Crippen molar-refractivity contribution in [3.05, 3.63) is 41.7 Å². The summed E-state index contributed by atoms with van der Waals surface area (Å²) in [5.41, 5.74) is 0.629. The molecule has 70 valence electrons. The third kappa shape index (κ3) is 2.99. The van der Waals surface area contributed by atoms with Crippen molar-refractivity contribution in [2.24, 2.45) is 0 Å². The quantitative estimate of drug-likeness (QED) is 0.751. The van der Waals surface area contributed by atoms with Gasteiger partial charge in [-0.2, -0.15) is 0 Å². The molecule has 0 aliphatic carbocycles. The van der Waals surface area contributed by atoms with Gasteiger partial charge >= 0.3 is 0 Å². The fourth-order valence-electron chi connectivity index (χ4n) is 0.954. The van der Waals surface area contributed by atoms with E-state index in [1.807, 2.05) is 26.1 Å². The molecule has 1 atom stereocenters. The Labute approximate surface area is 78.3 Å². The van der Waals surface area contributed by atoms with Gasteiger partial charge in [0.25, 0.3) is 0 Å². The smallest absolute Gasteiger partial charge is 0.130 e. The van der Waals surface area contributed by atoms with E-state index in [1.165, 1.54) is 6.07 Å². The number of hydrogen-bond acceptors (Lipinski definition) is 1. The molecule has 1 aromatic rings. The van der Waals surface area contributed by atoms with Crippen LogP contribution in [0.15, 0.2) is 30.3 Å². The zero-order valence-corrected chi connectivity index (χ0v) is 7.92. The maximum absolute atomic E-state index is 13.1. The van der Waals surface area contributed by atoms with Gasteiger partial charge in [-0.15, -0.1) is 0 Å². The number of benzene rings is 1. The van der Waals surface area contributed by atoms with Crippen LogP contribution in [0.5, 0.6) is 0 Å². The average molecular weight is 179 g/mol. The molecular formula is C11H14FN. The third-order valence-corrected chi connectivity index (χ3v) is 1.93. The molecule has 1 aromatic carbocycles. The highest BCUT2D eigenvalue weighted by atomic mass is 19.1. The monoisotopic (exact) mass is 179 g/mol. The molecule has 0 spiro atoms. The van der Waals surface area contributed by atoms with Gasteiger partial charge in [0.1, 0.15) is 5.82 Å². The van der Waals surface area contributed by atoms with Gasteiger partial charge in [-0.25, -0.2) is 4.39 Å². The first-order chi connectivity index (χ1) is 6.24. The van der Waals surface area contributed by atoms with Crippen molar-refractivity contribution in [2.45, 2.75) is 13.0 Å². The van der Waals surface area contributed by atoms with E-state index >= 15 is 0 Å². The van der Waals surface area contributed by atoms with E-state index < -0.39 is 0 Å². The Kier molecular flexibility index (Phi) is 3.65. The van der Waals surface area contributed by atoms with Gasteiger partial charge < -0.3 is 5.32 Å². The zero-order chi connectivity index (χ0) is 9.68. The van der Waals surface area contributed by atoms with Crippen LogP contribution in [-0.4, -0.2) is 13.1 Å². The second-order valence-electron chi connectivity index (χ2n) is 2.96. The number of nitrogens with one attached hydrogen (secondary N) is 1. The summed E-state index contributed by atoms with van der Waals surface area (Å²) in [5, 5.41) is 3.05. The highest BCUT2D eigenvalue weighted by molar-refractivity contribution is 5.50. The van der Waals surface area contributed by atoms with Crippen LogP contribution < -0.4 is 5.32 Å². The lowest BCUT2D eigenvalue weighted by Crippen LogP contribution is -2.17. The molecule has 0 heterocycles. The summed E-state index contributed by atoms with van der Waals surface area (Å²) in [7, 11) is 1.87. The van der Waals surface area contributed by atoms with Gasteiger partial charge in [0.05, 0.1) is 0 Å². The summed E-state index contributed by atoms with van der Waals surface area (Å²) in [6.07, 6.45) is 3.72. The molecule has 0 radical (unpaired) electrons. The van der Waals surface area contributed by atoms with Gasteiger partial charge in [0.15, 0.2) is 0 Å². The number of rotatable bonds is 3. The van der Waals surface area contributed by atoms with E-state index in [0.717, 1.165) is 0 Å². The van der Waals surface area contributed by atoms with Crippen molar-refractivity contribution >= 4 is 6.08 Å². The SMILES string of the molecule is CN[C@@H](C)/C=C/c1ccccc1F. The molecule has 2 heteroatoms. The van der Waals surface area contributed by atoms with Crippen molar-refractivity contribution in [3.8, 4) is 0 Å². The first kappa shape index (κ1) is 9.93. The molecule has 1 rings (SSSR count). The Balaban J connectivity index is 2.74. The largest absolute Gasteiger partial charge is 0.314 e. The second-order valence-corrected chi connectivity index (χ2v) is 2.96. The molecule has 0 aliphatic rings. The molecule has 0 unspecified atom stereocenters. The maximum Gasteiger partial charge on any atom is 0.130 e. The Morgan fingerprint density at radius 2 is 2.08 bits per heavy atom. The van der Waals surface area contributed by atoms with E-state index in [-0.39, 0.29) is 11.9 Å². The average Bonchev–Trinajstić information content (AvgIpc) is 2.16. The molecule has 1 N–H and O–H groups in total. The van der Waals surface area contributed by atoms with Crippen LogP contribution in [0.4, 0.5) is 4.39 Å². The molecule has 0 aliphatic heterocycles. The van der Waals surface area contributed by atoms with Crippen LogP contribution in [0.25, 0.3) is 6.08 Å². The summed E-state index contributed by atoms with van der Waals surface area (Å²) in [6.45, 7) is 2.01.